The van der Waals surface area contributed by atoms with E-state index < -0.39 is 70.5 Å². The molecule has 0 aliphatic carbocycles. The average molecular weight is 1610 g/mol. The first-order chi connectivity index (χ1) is 56.0. The number of hydrogen-bond acceptors (Lipinski definition) is 24. The van der Waals surface area contributed by atoms with E-state index in [1.54, 1.807) is 96.5 Å². The highest BCUT2D eigenvalue weighted by atomic mass is 35.5. The maximum atomic E-state index is 15.5. The van der Waals surface area contributed by atoms with Crippen LogP contribution < -0.4 is 36.8 Å². The summed E-state index contributed by atoms with van der Waals surface area (Å²) in [6, 6.07) is 59.9. The topological polar surface area (TPSA) is 329 Å². The van der Waals surface area contributed by atoms with E-state index in [0.29, 0.717) is 23.6 Å². The lowest BCUT2D eigenvalue weighted by Crippen LogP contribution is -2.37. The van der Waals surface area contributed by atoms with Gasteiger partial charge in [0.15, 0.2) is 46.5 Å². The lowest BCUT2D eigenvalue weighted by molar-refractivity contribution is 0.0564. The molecule has 2 amide bonds. The number of amides is 2. The van der Waals surface area contributed by atoms with Crippen LogP contribution in [0, 0.1) is 23.3 Å². The first kappa shape index (κ1) is 85.0. The van der Waals surface area contributed by atoms with Crippen molar-refractivity contribution in [3.05, 3.63) is 292 Å². The Morgan fingerprint density at radius 1 is 0.393 bits per heavy atom. The van der Waals surface area contributed by atoms with Gasteiger partial charge in [-0.25, -0.2) is 66.3 Å². The lowest BCUT2D eigenvalue weighted by Gasteiger charge is -2.27. The van der Waals surface area contributed by atoms with E-state index in [2.05, 4.69) is 65.6 Å². The van der Waals surface area contributed by atoms with Crippen LogP contribution in [-0.4, -0.2) is 111 Å². The highest BCUT2D eigenvalue weighted by Crippen LogP contribution is 2.34. The van der Waals surface area contributed by atoms with Gasteiger partial charge in [-0.05, 0) is 119 Å². The number of halogens is 5. The fourth-order valence-corrected chi connectivity index (χ4v) is 11.2. The molecule has 117 heavy (non-hydrogen) atoms. The Balaban J connectivity index is 0.000000167. The normalized spacial score (nSPS) is 10.9. The van der Waals surface area contributed by atoms with Crippen molar-refractivity contribution in [1.29, 1.82) is 0 Å². The molecule has 7 heterocycles. The number of ether oxygens (including phenoxy) is 6. The molecule has 13 aromatic rings. The second-order valence-electron chi connectivity index (χ2n) is 27.3. The summed E-state index contributed by atoms with van der Waals surface area (Å²) >= 11 is 6.00. The summed E-state index contributed by atoms with van der Waals surface area (Å²) in [6.45, 7) is 10.6. The van der Waals surface area contributed by atoms with E-state index in [0.717, 1.165) is 90.6 Å². The van der Waals surface area contributed by atoms with Gasteiger partial charge in [0, 0.05) is 22.7 Å². The van der Waals surface area contributed by atoms with Crippen LogP contribution in [0.3, 0.4) is 0 Å². The summed E-state index contributed by atoms with van der Waals surface area (Å²) in [7, 11) is 4.78. The van der Waals surface area contributed by atoms with Gasteiger partial charge in [0.25, 0.3) is 0 Å². The standard InChI is InChI=1S/C28H27FN4O4.C23H19FN4O2.C19H20ClFN2O4.C16H13FN4O2/c1-28(2,3)37-27(35)33(17-18-10-6-5-7-11-18)25-22(29)15-21(26(34)36-4)24(32-25)31-20-14-19-12-8-9-13-23(19)30-16-20;1-30-23(29)18-12-19(24)22(26-13-15-7-3-2-4-8-15)28-21(18)27-17-11-16-9-5-6-10-20(16)25-14-17;1-19(2,3)27-18(25)23(11-12-8-6-5-7-9-12)16-14(21)10-13(15(20)22-16)17(24)26-4;1-23-16(22)11-7-12(17)14(18)21-15(11)20-10-6-9-4-2-3-5-13(9)19-8-10/h5-16H,17H2,1-4H3,(H,31,32);2-12,14H,13H2,1H3,(H2,26,27,28);5-10H,11H2,1-4H3;2-8H,1H3,(H3,18,20,21). The van der Waals surface area contributed by atoms with E-state index in [9.17, 15) is 41.9 Å². The third-order valence-corrected chi connectivity index (χ3v) is 16.7. The minimum Gasteiger partial charge on any atom is -0.465 e. The third kappa shape index (κ3) is 23.2. The summed E-state index contributed by atoms with van der Waals surface area (Å²) < 4.78 is 88.1. The smallest absolute Gasteiger partial charge is 0.416 e. The number of aromatic nitrogens is 7. The SMILES string of the molecule is COC(=O)c1cc(F)c(N(Cc2ccccc2)C(=O)OC(C)(C)C)nc1Cl.COC(=O)c1cc(F)c(N(Cc2ccccc2)C(=O)OC(C)(C)C)nc1Nc1cnc2ccccc2c1.COC(=O)c1cc(F)c(N)nc1Nc1cnc2ccccc2c1.COC(=O)c1cc(F)c(NCc2ccccc2)nc1Nc1cnc2ccccc2c1. The number of anilines is 10. The van der Waals surface area contributed by atoms with Gasteiger partial charge in [-0.1, -0.05) is 157 Å². The highest BCUT2D eigenvalue weighted by molar-refractivity contribution is 6.32. The summed E-state index contributed by atoms with van der Waals surface area (Å²) in [6.07, 6.45) is 3.21. The Labute approximate surface area is 674 Å². The van der Waals surface area contributed by atoms with Crippen molar-refractivity contribution < 1.29 is 74.8 Å². The molecular weight excluding hydrogens is 1530 g/mol. The molecule has 600 valence electrons. The van der Waals surface area contributed by atoms with Gasteiger partial charge in [0.2, 0.25) is 0 Å². The number of para-hydroxylation sites is 3. The fourth-order valence-electron chi connectivity index (χ4n) is 11.0. The Hall–Kier alpha value is -14.4. The number of fused-ring (bicyclic) bond motifs is 3. The summed E-state index contributed by atoms with van der Waals surface area (Å²) in [5.41, 5.74) is 10.1. The van der Waals surface area contributed by atoms with Gasteiger partial charge in [-0.2, -0.15) is 0 Å². The number of carbonyl (C=O) groups excluding carboxylic acids is 6. The number of carbonyl (C=O) groups is 6. The molecule has 0 atom stereocenters. The number of hydrogen-bond donors (Lipinski definition) is 5. The Bertz CT molecular complexity index is 5760. The van der Waals surface area contributed by atoms with Crippen molar-refractivity contribution in [2.75, 3.05) is 65.2 Å². The third-order valence-electron chi connectivity index (χ3n) is 16.4. The molecule has 6 aromatic carbocycles. The molecule has 6 N–H and O–H groups in total. The zero-order valence-electron chi connectivity index (χ0n) is 64.9. The number of nitrogens with one attached hydrogen (secondary N) is 4. The molecule has 0 unspecified atom stereocenters. The lowest BCUT2D eigenvalue weighted by atomic mass is 10.2. The summed E-state index contributed by atoms with van der Waals surface area (Å²) in [5, 5.41) is 14.4. The number of nitrogens with two attached hydrogens (primary N) is 1. The quantitative estimate of drug-likeness (QED) is 0.0217. The number of nitrogens with zero attached hydrogens (tertiary/aromatic N) is 9. The van der Waals surface area contributed by atoms with Crippen LogP contribution in [0.15, 0.2) is 225 Å². The van der Waals surface area contributed by atoms with E-state index in [1.165, 1.54) is 21.3 Å². The van der Waals surface area contributed by atoms with E-state index in [4.69, 9.17) is 36.3 Å². The van der Waals surface area contributed by atoms with Crippen LogP contribution in [0.5, 0.6) is 0 Å². The van der Waals surface area contributed by atoms with Crippen molar-refractivity contribution in [3.63, 3.8) is 0 Å². The number of nitrogen functional groups attached to an aromatic ring is 1. The van der Waals surface area contributed by atoms with Crippen LogP contribution in [0.2, 0.25) is 5.15 Å². The van der Waals surface area contributed by atoms with Crippen LogP contribution >= 0.6 is 11.6 Å². The van der Waals surface area contributed by atoms with Gasteiger partial charge in [-0.15, -0.1) is 0 Å². The molecule has 13 rings (SSSR count). The molecule has 0 radical (unpaired) electrons. The minimum atomic E-state index is -0.901. The van der Waals surface area contributed by atoms with Crippen LogP contribution in [-0.2, 0) is 48.1 Å². The number of pyridine rings is 7. The first-order valence-corrected chi connectivity index (χ1v) is 36.1. The van der Waals surface area contributed by atoms with Gasteiger partial charge in [-0.3, -0.25) is 24.8 Å². The fraction of sp³-hybridized carbons (Fsp3) is 0.174. The number of methoxy groups -OCH3 is 4. The Morgan fingerprint density at radius 2 is 0.718 bits per heavy atom. The zero-order valence-corrected chi connectivity index (χ0v) is 65.6. The zero-order chi connectivity index (χ0) is 84.1. The molecule has 0 saturated heterocycles. The van der Waals surface area contributed by atoms with Crippen molar-refractivity contribution in [1.82, 2.24) is 34.9 Å². The molecular formula is C86H79ClF4N14O12. The minimum absolute atomic E-state index is 0.00181. The average Bonchev–Trinajstić information content (AvgIpc) is 0.796. The van der Waals surface area contributed by atoms with Crippen LogP contribution in [0.4, 0.5) is 84.9 Å². The van der Waals surface area contributed by atoms with Gasteiger partial charge in [0.1, 0.15) is 56.1 Å². The Kier molecular flexibility index (Phi) is 28.2. The van der Waals surface area contributed by atoms with E-state index in [1.807, 2.05) is 146 Å². The van der Waals surface area contributed by atoms with Crippen LogP contribution in [0.1, 0.15) is 99.7 Å². The van der Waals surface area contributed by atoms with Crippen molar-refractivity contribution in [3.8, 4) is 0 Å². The largest absolute Gasteiger partial charge is 0.465 e. The second kappa shape index (κ2) is 38.9. The van der Waals surface area contributed by atoms with Gasteiger partial charge >= 0.3 is 36.1 Å². The second-order valence-corrected chi connectivity index (χ2v) is 27.7. The number of benzene rings is 6. The first-order valence-electron chi connectivity index (χ1n) is 35.8. The molecule has 0 aliphatic heterocycles. The molecule has 7 aromatic heterocycles. The monoisotopic (exact) mass is 1610 g/mol. The predicted molar refractivity (Wildman–Crippen MR) is 438 cm³/mol. The summed E-state index contributed by atoms with van der Waals surface area (Å²) in [5.74, 6) is -6.88. The molecule has 31 heteroatoms. The highest BCUT2D eigenvalue weighted by Gasteiger charge is 2.32. The maximum Gasteiger partial charge on any atom is 0.416 e. The molecule has 0 saturated carbocycles. The summed E-state index contributed by atoms with van der Waals surface area (Å²) in [4.78, 5) is 106. The van der Waals surface area contributed by atoms with Gasteiger partial charge in [0.05, 0.1) is 93.7 Å². The molecule has 0 bridgehead atoms. The van der Waals surface area contributed by atoms with Crippen molar-refractivity contribution >= 4 is 138 Å². The molecule has 0 aliphatic rings. The van der Waals surface area contributed by atoms with Crippen LogP contribution in [0.25, 0.3) is 32.7 Å². The van der Waals surface area contributed by atoms with E-state index in [-0.39, 0.29) is 81.2 Å². The van der Waals surface area contributed by atoms with Crippen molar-refractivity contribution in [2.45, 2.75) is 72.4 Å². The molecule has 0 spiro atoms. The number of rotatable bonds is 19. The van der Waals surface area contributed by atoms with Crippen molar-refractivity contribution in [2.24, 2.45) is 0 Å². The number of esters is 4. The van der Waals surface area contributed by atoms with Gasteiger partial charge < -0.3 is 55.4 Å². The van der Waals surface area contributed by atoms with E-state index >= 15 is 4.39 Å². The predicted octanol–water partition coefficient (Wildman–Crippen LogP) is 18.6. The maximum absolute atomic E-state index is 15.5. The molecule has 0 fully saturated rings. The molecule has 26 nitrogen and oxygen atoms in total. The Morgan fingerprint density at radius 3 is 1.11 bits per heavy atom.